The molecule has 0 aromatic heterocycles. The Balaban J connectivity index is 0.000000233. The third-order valence-corrected chi connectivity index (χ3v) is 19.9. The van der Waals surface area contributed by atoms with Crippen LogP contribution in [0.15, 0.2) is 0 Å². The van der Waals surface area contributed by atoms with Gasteiger partial charge in [-0.1, -0.05) is 27.2 Å². The van der Waals surface area contributed by atoms with Crippen LogP contribution in [0, 0.1) is 0 Å². The highest BCUT2D eigenvalue weighted by atomic mass is 19.1. The van der Waals surface area contributed by atoms with Crippen LogP contribution in [0.25, 0.3) is 0 Å². The summed E-state index contributed by atoms with van der Waals surface area (Å²) in [5, 5.41) is 280. The lowest BCUT2D eigenvalue weighted by atomic mass is 9.96. The van der Waals surface area contributed by atoms with Crippen LogP contribution >= 0.6 is 0 Å². The Bertz CT molecular complexity index is 2500. The van der Waals surface area contributed by atoms with Crippen molar-refractivity contribution in [3.63, 3.8) is 0 Å². The summed E-state index contributed by atoms with van der Waals surface area (Å²) in [6.45, 7) is -0.501. The SMILES string of the molecule is CCCCO[C@H]1O[C@H](CO)[C@@H](O[C@H]2O[C@H](CO)[C@@H](O)[C@H](O)[C@@H]2O)[C@H](O)[C@@H]1O[C@H]1O[C@H](CO)[C@@H](O)[C@H](O)[C@@H]1O.CCCO[C@@H]1O[C@H](COC2O[C@H](CO)[C@@H](O)[C@H](O)[C@@H]2O)[C@@H](O)[C@H](O[C@H]2O[C@H](CO)[C@@H](O)[C@H](O)[C@@H]2O)[C@H]1F.CCCO[C@H]1O[C@H](COC2O[C@H](CO)[C@@H](O)[C@H](O)[C@@H]2O)[C@@H](O)[C@H](O[C@H]2O[C@H](CO)[C@@H](O)[C@H](O)[C@@H]2O)[C@H]1F. The van der Waals surface area contributed by atoms with Crippen LogP contribution in [0.5, 0.6) is 0 Å². The number of hydrogen-bond donors (Lipinski definition) is 28. The molecule has 0 amide bonds. The topological polar surface area (TPSA) is 733 Å². The van der Waals surface area contributed by atoms with E-state index < -0.39 is 336 Å². The lowest BCUT2D eigenvalue weighted by Gasteiger charge is -2.48. The van der Waals surface area contributed by atoms with E-state index in [9.17, 15) is 143 Å². The van der Waals surface area contributed by atoms with Crippen LogP contribution in [-0.2, 0) is 85.3 Å². The zero-order chi connectivity index (χ0) is 83.0. The van der Waals surface area contributed by atoms with Gasteiger partial charge in [-0.2, -0.15) is 0 Å². The summed E-state index contributed by atoms with van der Waals surface area (Å²) in [5.74, 6) is 0. The highest BCUT2D eigenvalue weighted by Gasteiger charge is 2.58. The highest BCUT2D eigenvalue weighted by molar-refractivity contribution is 5.01. The van der Waals surface area contributed by atoms with Gasteiger partial charge in [0.2, 0.25) is 0 Å². The van der Waals surface area contributed by atoms with E-state index in [0.717, 1.165) is 6.42 Å². The summed E-state index contributed by atoms with van der Waals surface area (Å²) in [6.07, 6.45) is -71.5. The van der Waals surface area contributed by atoms with Crippen LogP contribution in [0.1, 0.15) is 46.5 Å². The Morgan fingerprint density at radius 2 is 0.455 bits per heavy atom. The third kappa shape index (κ3) is 23.2. The van der Waals surface area contributed by atoms with Gasteiger partial charge in [-0.3, -0.25) is 0 Å². The Morgan fingerprint density at radius 3 is 0.732 bits per heavy atom. The van der Waals surface area contributed by atoms with Crippen LogP contribution in [-0.4, -0.2) is 499 Å². The molecule has 9 aliphatic rings. The number of halogens is 2. The van der Waals surface area contributed by atoms with Gasteiger partial charge >= 0.3 is 0 Å². The second-order valence-electron chi connectivity index (χ2n) is 27.9. The van der Waals surface area contributed by atoms with Crippen molar-refractivity contribution < 1.29 is 237 Å². The maximum atomic E-state index is 15.3. The normalized spacial score (nSPS) is 48.9. The standard InChI is InChI=1S/C22H40O16.2C21H37FO15/c1-2-3-4-33-22-19(38-21-16(31)14(29)12(27)9(6-24)35-21)17(32)18(10(7-25)36-22)37-20-15(30)13(28)11(26)8(5-23)34-20;2*1-2-3-32-19-10(22)18(37-21-17(31)15(29)12(26)8(5-24)35-21)13(27)9(36-19)6-33-20-16(30)14(28)11(25)7(4-23)34-20/h8-32H,2-7H2,1H3;2*7-21,23-31H,2-6H2,1H3/t8-,9-,10-,11-,12-,13+,14+,15+,16+,17+,18-,19+,20-,21-,22+;7-,8-,9-,10-,11-,12-,13-,14+,15+,16+,17+,18-,19+,20?,21-;7-,8-,9-,10-,11-,12-,13-,14+,15+,16+,17+,18-,19-,20?,21-/m111/s1. The zero-order valence-corrected chi connectivity index (χ0v) is 60.9. The van der Waals surface area contributed by atoms with E-state index in [2.05, 4.69) is 0 Å². The van der Waals surface area contributed by atoms with Gasteiger partial charge in [-0.05, 0) is 19.3 Å². The molecule has 45 atom stereocenters. The van der Waals surface area contributed by atoms with E-state index in [-0.39, 0.29) is 19.8 Å². The molecule has 28 N–H and O–H groups in total. The van der Waals surface area contributed by atoms with Crippen LogP contribution in [0.3, 0.4) is 0 Å². The Kier molecular flexibility index (Phi) is 39.6. The van der Waals surface area contributed by atoms with E-state index in [4.69, 9.17) is 85.3 Å². The van der Waals surface area contributed by atoms with E-state index in [1.165, 1.54) is 0 Å². The van der Waals surface area contributed by atoms with Crippen LogP contribution in [0.2, 0.25) is 0 Å². The second-order valence-corrected chi connectivity index (χ2v) is 27.9. The van der Waals surface area contributed by atoms with Gasteiger partial charge in [0.15, 0.2) is 69.0 Å². The molecule has 2 unspecified atom stereocenters. The van der Waals surface area contributed by atoms with Gasteiger partial charge in [0.05, 0.1) is 59.5 Å². The second kappa shape index (κ2) is 45.6. The molecule has 9 aliphatic heterocycles. The number of aliphatic hydroxyl groups excluding tert-OH is 28. The van der Waals surface area contributed by atoms with Gasteiger partial charge < -0.3 is 228 Å². The molecule has 9 rings (SSSR count). The fourth-order valence-corrected chi connectivity index (χ4v) is 13.0. The van der Waals surface area contributed by atoms with Crippen LogP contribution < -0.4 is 0 Å². The molecule has 0 aliphatic carbocycles. The molecule has 0 aromatic carbocycles. The molecule has 0 spiro atoms. The smallest absolute Gasteiger partial charge is 0.192 e. The minimum Gasteiger partial charge on any atom is -0.394 e. The Labute approximate surface area is 637 Å². The van der Waals surface area contributed by atoms with E-state index in [0.29, 0.717) is 19.3 Å². The maximum Gasteiger partial charge on any atom is 0.192 e. The molecule has 112 heavy (non-hydrogen) atoms. The lowest BCUT2D eigenvalue weighted by molar-refractivity contribution is -0.387. The lowest BCUT2D eigenvalue weighted by Crippen LogP contribution is -2.67. The summed E-state index contributed by atoms with van der Waals surface area (Å²) < 4.78 is 129. The summed E-state index contributed by atoms with van der Waals surface area (Å²) in [5.41, 5.74) is 0. The fourth-order valence-electron chi connectivity index (χ4n) is 13.0. The van der Waals surface area contributed by atoms with Crippen LogP contribution in [0.4, 0.5) is 8.78 Å². The number of ether oxygens (including phenoxy) is 18. The molecule has 9 heterocycles. The number of aliphatic hydroxyl groups is 28. The Hall–Kier alpha value is -1.98. The molecule has 9 saturated heterocycles. The summed E-state index contributed by atoms with van der Waals surface area (Å²) >= 11 is 0. The van der Waals surface area contributed by atoms with Crippen molar-refractivity contribution in [1.29, 1.82) is 0 Å². The molecule has 0 saturated carbocycles. The van der Waals surface area contributed by atoms with Crippen molar-refractivity contribution in [3.8, 4) is 0 Å². The van der Waals surface area contributed by atoms with Crippen molar-refractivity contribution in [2.45, 2.75) is 323 Å². The molecule has 0 radical (unpaired) electrons. The Morgan fingerprint density at radius 1 is 0.214 bits per heavy atom. The molecule has 48 heteroatoms. The van der Waals surface area contributed by atoms with E-state index in [1.807, 2.05) is 6.92 Å². The molecular weight excluding hydrogens is 1540 g/mol. The number of alkyl halides is 2. The quantitative estimate of drug-likeness (QED) is 0.0287. The van der Waals surface area contributed by atoms with Gasteiger partial charge in [-0.25, -0.2) is 8.78 Å². The van der Waals surface area contributed by atoms with Crippen molar-refractivity contribution >= 4 is 0 Å². The van der Waals surface area contributed by atoms with Crippen molar-refractivity contribution in [2.24, 2.45) is 0 Å². The highest BCUT2D eigenvalue weighted by Crippen LogP contribution is 2.38. The first kappa shape index (κ1) is 97.1. The van der Waals surface area contributed by atoms with Crippen molar-refractivity contribution in [1.82, 2.24) is 0 Å². The average molecular weight is 1660 g/mol. The van der Waals surface area contributed by atoms with E-state index in [1.54, 1.807) is 13.8 Å². The molecule has 0 aromatic rings. The van der Waals surface area contributed by atoms with Gasteiger partial charge in [0, 0.05) is 19.8 Å². The number of hydrogen-bond acceptors (Lipinski definition) is 46. The molecule has 0 bridgehead atoms. The first-order valence-corrected chi connectivity index (χ1v) is 36.6. The third-order valence-electron chi connectivity index (χ3n) is 19.9. The summed E-state index contributed by atoms with van der Waals surface area (Å²) in [4.78, 5) is 0. The number of unbranched alkanes of at least 4 members (excludes halogenated alkanes) is 1. The predicted molar refractivity (Wildman–Crippen MR) is 348 cm³/mol. The number of rotatable bonds is 31. The monoisotopic (exact) mass is 1660 g/mol. The van der Waals surface area contributed by atoms with Crippen molar-refractivity contribution in [2.75, 3.05) is 79.3 Å². The van der Waals surface area contributed by atoms with Gasteiger partial charge in [0.1, 0.15) is 208 Å². The maximum absolute atomic E-state index is 15.3. The molecular formula is C64H114F2O46. The summed E-state index contributed by atoms with van der Waals surface area (Å²) in [6, 6.07) is 0. The minimum absolute atomic E-state index is 0.0637. The van der Waals surface area contributed by atoms with Crippen molar-refractivity contribution in [3.05, 3.63) is 0 Å². The molecule has 46 nitrogen and oxygen atoms in total. The largest absolute Gasteiger partial charge is 0.394 e. The molecule has 9 fully saturated rings. The predicted octanol–water partition coefficient (Wildman–Crippen LogP) is -16.1. The molecule has 660 valence electrons. The fraction of sp³-hybridized carbons (Fsp3) is 1.00. The summed E-state index contributed by atoms with van der Waals surface area (Å²) in [7, 11) is 0. The first-order valence-electron chi connectivity index (χ1n) is 36.6. The minimum atomic E-state index is -2.13. The van der Waals surface area contributed by atoms with E-state index >= 15 is 8.78 Å². The van der Waals surface area contributed by atoms with Gasteiger partial charge in [0.25, 0.3) is 0 Å². The average Bonchev–Trinajstić information content (AvgIpc) is 0.784. The van der Waals surface area contributed by atoms with Gasteiger partial charge in [-0.15, -0.1) is 0 Å². The zero-order valence-electron chi connectivity index (χ0n) is 60.9. The first-order chi connectivity index (χ1) is 53.2.